The van der Waals surface area contributed by atoms with E-state index < -0.39 is 0 Å². The van der Waals surface area contributed by atoms with Crippen LogP contribution in [-0.4, -0.2) is 32.5 Å². The number of hydrogen-bond acceptors (Lipinski definition) is 5. The minimum atomic E-state index is -0.388. The first-order chi connectivity index (χ1) is 12.9. The van der Waals surface area contributed by atoms with Gasteiger partial charge in [-0.05, 0) is 55.7 Å². The first kappa shape index (κ1) is 20.8. The lowest BCUT2D eigenvalue weighted by Gasteiger charge is -2.17. The number of aliphatic imine (C=N–C) groups is 1. The number of carbonyl (C=O) groups excluding carboxylic acids is 1. The minimum Gasteiger partial charge on any atom is -0.493 e. The lowest BCUT2D eigenvalue weighted by atomic mass is 10.1. The van der Waals surface area contributed by atoms with Crippen LogP contribution < -0.4 is 9.47 Å². The number of rotatable bonds is 7. The van der Waals surface area contributed by atoms with Crippen LogP contribution in [0.1, 0.15) is 41.8 Å². The molecule has 144 valence electrons. The summed E-state index contributed by atoms with van der Waals surface area (Å²) in [6.45, 7) is 5.84. The van der Waals surface area contributed by atoms with Crippen molar-refractivity contribution in [2.24, 2.45) is 4.99 Å². The fraction of sp³-hybridized carbons (Fsp3) is 0.333. The molecule has 0 bridgehead atoms. The highest BCUT2D eigenvalue weighted by atomic mass is 35.5. The molecule has 0 N–H and O–H groups in total. The van der Waals surface area contributed by atoms with Crippen molar-refractivity contribution in [3.63, 3.8) is 0 Å². The predicted octanol–water partition coefficient (Wildman–Crippen LogP) is 5.37. The van der Waals surface area contributed by atoms with Crippen LogP contribution >= 0.6 is 11.6 Å². The highest BCUT2D eigenvalue weighted by molar-refractivity contribution is 6.32. The average Bonchev–Trinajstić information content (AvgIpc) is 2.67. The van der Waals surface area contributed by atoms with E-state index >= 15 is 0 Å². The van der Waals surface area contributed by atoms with Gasteiger partial charge in [-0.3, -0.25) is 4.99 Å². The summed E-state index contributed by atoms with van der Waals surface area (Å²) < 4.78 is 16.1. The molecule has 0 aliphatic heterocycles. The normalized spacial score (nSPS) is 12.1. The highest BCUT2D eigenvalue weighted by Crippen LogP contribution is 2.37. The van der Waals surface area contributed by atoms with Gasteiger partial charge in [0.15, 0.2) is 11.5 Å². The second kappa shape index (κ2) is 9.42. The standard InChI is InChI=1S/C21H24ClNO4/c1-6-13(2)27-20-17(22)10-15(11-19(20)25-4)12-23-18-9-7-8-16(14(18)3)21(24)26-5/h7-13H,6H2,1-5H3/t13-/m1/s1. The van der Waals surface area contributed by atoms with Crippen LogP contribution in [0.2, 0.25) is 5.02 Å². The molecule has 1 atom stereocenters. The van der Waals surface area contributed by atoms with Crippen LogP contribution in [0, 0.1) is 6.92 Å². The molecule has 2 aromatic carbocycles. The summed E-state index contributed by atoms with van der Waals surface area (Å²) in [6, 6.07) is 8.89. The second-order valence-electron chi connectivity index (χ2n) is 6.07. The maximum absolute atomic E-state index is 11.8. The van der Waals surface area contributed by atoms with Gasteiger partial charge in [-0.25, -0.2) is 4.79 Å². The number of halogens is 1. The maximum atomic E-state index is 11.8. The fourth-order valence-corrected chi connectivity index (χ4v) is 2.72. The van der Waals surface area contributed by atoms with Gasteiger partial charge in [0.05, 0.1) is 36.6 Å². The number of nitrogens with zero attached hydrogens (tertiary/aromatic N) is 1. The van der Waals surface area contributed by atoms with Crippen LogP contribution in [0.4, 0.5) is 5.69 Å². The number of benzene rings is 2. The number of hydrogen-bond donors (Lipinski definition) is 0. The lowest BCUT2D eigenvalue weighted by molar-refractivity contribution is 0.0600. The summed E-state index contributed by atoms with van der Waals surface area (Å²) in [4.78, 5) is 16.3. The fourth-order valence-electron chi connectivity index (χ4n) is 2.45. The van der Waals surface area contributed by atoms with Crippen LogP contribution in [0.25, 0.3) is 0 Å². The van der Waals surface area contributed by atoms with Crippen molar-refractivity contribution < 1.29 is 19.0 Å². The predicted molar refractivity (Wildman–Crippen MR) is 108 cm³/mol. The van der Waals surface area contributed by atoms with E-state index in [9.17, 15) is 4.79 Å². The Labute approximate surface area is 164 Å². The van der Waals surface area contributed by atoms with E-state index in [4.69, 9.17) is 25.8 Å². The van der Waals surface area contributed by atoms with Gasteiger partial charge in [0.25, 0.3) is 0 Å². The van der Waals surface area contributed by atoms with Crippen molar-refractivity contribution in [2.45, 2.75) is 33.3 Å². The number of methoxy groups -OCH3 is 2. The van der Waals surface area contributed by atoms with E-state index in [0.29, 0.717) is 27.8 Å². The van der Waals surface area contributed by atoms with Gasteiger partial charge in [-0.2, -0.15) is 0 Å². The quantitative estimate of drug-likeness (QED) is 0.471. The van der Waals surface area contributed by atoms with Gasteiger partial charge >= 0.3 is 5.97 Å². The Hall–Kier alpha value is -2.53. The zero-order valence-electron chi connectivity index (χ0n) is 16.2. The summed E-state index contributed by atoms with van der Waals surface area (Å²) >= 11 is 6.39. The molecule has 27 heavy (non-hydrogen) atoms. The molecule has 0 radical (unpaired) electrons. The topological polar surface area (TPSA) is 57.1 Å². The van der Waals surface area contributed by atoms with Crippen LogP contribution in [0.5, 0.6) is 11.5 Å². The molecule has 0 heterocycles. The Morgan fingerprint density at radius 2 is 2.04 bits per heavy atom. The van der Waals surface area contributed by atoms with E-state index in [1.807, 2.05) is 32.9 Å². The van der Waals surface area contributed by atoms with Gasteiger partial charge in [0.1, 0.15) is 0 Å². The Balaban J connectivity index is 2.35. The molecule has 2 rings (SSSR count). The molecule has 0 spiro atoms. The first-order valence-electron chi connectivity index (χ1n) is 8.67. The lowest BCUT2D eigenvalue weighted by Crippen LogP contribution is -2.11. The Morgan fingerprint density at radius 3 is 2.67 bits per heavy atom. The van der Waals surface area contributed by atoms with Crippen molar-refractivity contribution >= 4 is 29.5 Å². The van der Waals surface area contributed by atoms with Crippen LogP contribution in [0.3, 0.4) is 0 Å². The minimum absolute atomic E-state index is 0.0274. The molecule has 6 heteroatoms. The number of esters is 1. The molecule has 5 nitrogen and oxygen atoms in total. The largest absolute Gasteiger partial charge is 0.493 e. The Kier molecular flexibility index (Phi) is 7.25. The number of ether oxygens (including phenoxy) is 3. The molecule has 0 aliphatic carbocycles. The molecule has 0 saturated carbocycles. The zero-order valence-corrected chi connectivity index (χ0v) is 17.0. The third-order valence-electron chi connectivity index (χ3n) is 4.21. The monoisotopic (exact) mass is 389 g/mol. The second-order valence-corrected chi connectivity index (χ2v) is 6.48. The summed E-state index contributed by atoms with van der Waals surface area (Å²) in [5.74, 6) is 0.680. The Bertz CT molecular complexity index is 848. The Morgan fingerprint density at radius 1 is 1.30 bits per heavy atom. The molecular weight excluding hydrogens is 366 g/mol. The van der Waals surface area contributed by atoms with Crippen molar-refractivity contribution in [3.05, 3.63) is 52.0 Å². The smallest absolute Gasteiger partial charge is 0.338 e. The van der Waals surface area contributed by atoms with Crippen molar-refractivity contribution in [1.29, 1.82) is 0 Å². The molecule has 0 saturated heterocycles. The maximum Gasteiger partial charge on any atom is 0.338 e. The summed E-state index contributed by atoms with van der Waals surface area (Å²) in [6.07, 6.45) is 2.56. The molecule has 0 aromatic heterocycles. The first-order valence-corrected chi connectivity index (χ1v) is 9.05. The van der Waals surface area contributed by atoms with E-state index in [1.54, 1.807) is 31.5 Å². The van der Waals surface area contributed by atoms with Crippen LogP contribution in [0.15, 0.2) is 35.3 Å². The van der Waals surface area contributed by atoms with E-state index in [-0.39, 0.29) is 12.1 Å². The van der Waals surface area contributed by atoms with E-state index in [2.05, 4.69) is 4.99 Å². The third kappa shape index (κ3) is 5.01. The van der Waals surface area contributed by atoms with Gasteiger partial charge in [-0.1, -0.05) is 24.6 Å². The SMILES string of the molecule is CC[C@@H](C)Oc1c(Cl)cc(C=Nc2cccc(C(=O)OC)c2C)cc1OC. The van der Waals surface area contributed by atoms with E-state index in [0.717, 1.165) is 17.5 Å². The molecule has 0 unspecified atom stereocenters. The molecule has 0 fully saturated rings. The van der Waals surface area contributed by atoms with Crippen molar-refractivity contribution in [2.75, 3.05) is 14.2 Å². The summed E-state index contributed by atoms with van der Waals surface area (Å²) in [5.41, 5.74) is 2.67. The molecule has 2 aromatic rings. The third-order valence-corrected chi connectivity index (χ3v) is 4.49. The van der Waals surface area contributed by atoms with Crippen LogP contribution in [-0.2, 0) is 4.74 Å². The molecular formula is C21H24ClNO4. The zero-order chi connectivity index (χ0) is 20.0. The van der Waals surface area contributed by atoms with Gasteiger partial charge in [0, 0.05) is 6.21 Å². The number of carbonyl (C=O) groups is 1. The molecule has 0 aliphatic rings. The van der Waals surface area contributed by atoms with E-state index in [1.165, 1.54) is 7.11 Å². The van der Waals surface area contributed by atoms with Crippen molar-refractivity contribution in [1.82, 2.24) is 0 Å². The molecule has 0 amide bonds. The van der Waals surface area contributed by atoms with Gasteiger partial charge in [0.2, 0.25) is 0 Å². The average molecular weight is 390 g/mol. The van der Waals surface area contributed by atoms with Crippen molar-refractivity contribution in [3.8, 4) is 11.5 Å². The van der Waals surface area contributed by atoms with Gasteiger partial charge in [-0.15, -0.1) is 0 Å². The highest BCUT2D eigenvalue weighted by Gasteiger charge is 2.14. The summed E-state index contributed by atoms with van der Waals surface area (Å²) in [5, 5.41) is 0.455. The summed E-state index contributed by atoms with van der Waals surface area (Å²) in [7, 11) is 2.93. The van der Waals surface area contributed by atoms with Gasteiger partial charge < -0.3 is 14.2 Å².